The third-order valence-electron chi connectivity index (χ3n) is 5.21. The summed E-state index contributed by atoms with van der Waals surface area (Å²) >= 11 is 0. The lowest BCUT2D eigenvalue weighted by atomic mass is 10.1. The first-order chi connectivity index (χ1) is 15.9. The van der Waals surface area contributed by atoms with E-state index in [-0.39, 0.29) is 10.9 Å². The predicted molar refractivity (Wildman–Crippen MR) is 124 cm³/mol. The van der Waals surface area contributed by atoms with E-state index in [4.69, 9.17) is 5.26 Å². The Balaban J connectivity index is 1.74. The lowest BCUT2D eigenvalue weighted by Crippen LogP contribution is -2.24. The zero-order valence-electron chi connectivity index (χ0n) is 17.6. The Hall–Kier alpha value is -4.64. The van der Waals surface area contributed by atoms with E-state index in [1.807, 2.05) is 36.4 Å². The molecule has 8 heteroatoms. The molecule has 164 valence electrons. The molecule has 0 spiro atoms. The summed E-state index contributed by atoms with van der Waals surface area (Å²) in [6, 6.07) is 19.8. The van der Waals surface area contributed by atoms with Crippen molar-refractivity contribution in [3.63, 3.8) is 0 Å². The number of aromatic nitrogens is 1. The van der Waals surface area contributed by atoms with Gasteiger partial charge in [-0.1, -0.05) is 30.3 Å². The van der Waals surface area contributed by atoms with Gasteiger partial charge in [-0.05, 0) is 42.0 Å². The summed E-state index contributed by atoms with van der Waals surface area (Å²) in [5.41, 5.74) is 0.943. The summed E-state index contributed by atoms with van der Waals surface area (Å²) in [5, 5.41) is 22.2. The highest BCUT2D eigenvalue weighted by Crippen LogP contribution is 2.33. The molecule has 0 aliphatic carbocycles. The van der Waals surface area contributed by atoms with Crippen LogP contribution in [0.4, 0.5) is 15.8 Å². The average molecular weight is 442 g/mol. The molecule has 3 N–H and O–H groups in total. The highest BCUT2D eigenvalue weighted by Gasteiger charge is 2.22. The average Bonchev–Trinajstić information content (AvgIpc) is 2.80. The molecule has 4 rings (SSSR count). The lowest BCUT2D eigenvalue weighted by molar-refractivity contribution is 0.102. The summed E-state index contributed by atoms with van der Waals surface area (Å²) in [5.74, 6) is -2.10. The summed E-state index contributed by atoms with van der Waals surface area (Å²) in [6.45, 7) is 0.434. The zero-order valence-corrected chi connectivity index (χ0v) is 17.6. The third kappa shape index (κ3) is 4.38. The van der Waals surface area contributed by atoms with Crippen molar-refractivity contribution >= 4 is 28.2 Å². The fraction of sp³-hybridized carbons (Fsp3) is 0.0800. The van der Waals surface area contributed by atoms with Crippen molar-refractivity contribution in [2.24, 2.45) is 0 Å². The van der Waals surface area contributed by atoms with Crippen LogP contribution in [0.25, 0.3) is 10.9 Å². The molecule has 0 unspecified atom stereocenters. The van der Waals surface area contributed by atoms with Gasteiger partial charge in [0.05, 0.1) is 22.8 Å². The number of anilines is 2. The number of pyridine rings is 1. The maximum Gasteiger partial charge on any atom is 0.265 e. The van der Waals surface area contributed by atoms with Gasteiger partial charge in [0, 0.05) is 24.7 Å². The van der Waals surface area contributed by atoms with Crippen LogP contribution < -0.4 is 15.8 Å². The summed E-state index contributed by atoms with van der Waals surface area (Å²) in [4.78, 5) is 29.9. The highest BCUT2D eigenvalue weighted by molar-refractivity contribution is 6.10. The Morgan fingerprint density at radius 2 is 1.85 bits per heavy atom. The second-order valence-corrected chi connectivity index (χ2v) is 7.51. The molecule has 0 aliphatic rings. The first-order valence-electron chi connectivity index (χ1n) is 10.0. The number of aromatic amines is 1. The topological polar surface area (TPSA) is 109 Å². The van der Waals surface area contributed by atoms with Gasteiger partial charge < -0.3 is 20.3 Å². The molecule has 1 heterocycles. The van der Waals surface area contributed by atoms with Crippen LogP contribution >= 0.6 is 0 Å². The number of nitrogens with zero attached hydrogens (tertiary/aromatic N) is 2. The Bertz CT molecular complexity index is 1440. The van der Waals surface area contributed by atoms with E-state index in [1.54, 1.807) is 11.9 Å². The number of benzene rings is 3. The van der Waals surface area contributed by atoms with E-state index in [1.165, 1.54) is 30.3 Å². The number of hydrogen-bond donors (Lipinski definition) is 3. The number of nitriles is 1. The van der Waals surface area contributed by atoms with Crippen LogP contribution in [0.2, 0.25) is 0 Å². The second kappa shape index (κ2) is 8.85. The van der Waals surface area contributed by atoms with Crippen LogP contribution in [-0.2, 0) is 6.54 Å². The SMILES string of the molecule is CN(Cc1ccccc1)c1cc(F)cc2c(O)c(C(=O)Nc3ccc(C#N)cc3)c(=O)[nH]c12. The zero-order chi connectivity index (χ0) is 23.5. The molecule has 0 atom stereocenters. The molecule has 0 saturated heterocycles. The number of nitrogens with one attached hydrogen (secondary N) is 2. The number of amides is 1. The van der Waals surface area contributed by atoms with E-state index in [0.717, 1.165) is 11.6 Å². The van der Waals surface area contributed by atoms with Crippen molar-refractivity contribution in [2.45, 2.75) is 6.54 Å². The number of aromatic hydroxyl groups is 1. The number of hydrogen-bond acceptors (Lipinski definition) is 5. The number of fused-ring (bicyclic) bond motifs is 1. The molecule has 7 nitrogen and oxygen atoms in total. The highest BCUT2D eigenvalue weighted by atomic mass is 19.1. The summed E-state index contributed by atoms with van der Waals surface area (Å²) < 4.78 is 14.5. The quantitative estimate of drug-likeness (QED) is 0.431. The Morgan fingerprint density at radius 1 is 1.15 bits per heavy atom. The van der Waals surface area contributed by atoms with Crippen LogP contribution in [0.5, 0.6) is 5.75 Å². The molecule has 3 aromatic carbocycles. The van der Waals surface area contributed by atoms with E-state index in [2.05, 4.69) is 10.3 Å². The largest absolute Gasteiger partial charge is 0.506 e. The Morgan fingerprint density at radius 3 is 2.52 bits per heavy atom. The van der Waals surface area contributed by atoms with E-state index < -0.39 is 28.6 Å². The number of halogens is 1. The maximum atomic E-state index is 14.5. The van der Waals surface area contributed by atoms with Gasteiger partial charge in [0.15, 0.2) is 0 Å². The van der Waals surface area contributed by atoms with Crippen molar-refractivity contribution in [3.8, 4) is 11.8 Å². The Kier molecular flexibility index (Phi) is 5.79. The van der Waals surface area contributed by atoms with E-state index >= 15 is 0 Å². The van der Waals surface area contributed by atoms with Gasteiger partial charge in [0.25, 0.3) is 11.5 Å². The lowest BCUT2D eigenvalue weighted by Gasteiger charge is -2.22. The van der Waals surface area contributed by atoms with Gasteiger partial charge in [-0.25, -0.2) is 4.39 Å². The Labute approximate surface area is 188 Å². The van der Waals surface area contributed by atoms with Crippen molar-refractivity contribution in [3.05, 3.63) is 99.6 Å². The first-order valence-corrected chi connectivity index (χ1v) is 10.0. The molecule has 4 aromatic rings. The molecule has 0 fully saturated rings. The molecule has 0 saturated carbocycles. The van der Waals surface area contributed by atoms with Crippen molar-refractivity contribution < 1.29 is 14.3 Å². The molecule has 0 bridgehead atoms. The first kappa shape index (κ1) is 21.6. The van der Waals surface area contributed by atoms with Crippen LogP contribution in [0.15, 0.2) is 71.5 Å². The summed E-state index contributed by atoms with van der Waals surface area (Å²) in [7, 11) is 1.74. The molecular weight excluding hydrogens is 423 g/mol. The van der Waals surface area contributed by atoms with Gasteiger partial charge in [0.1, 0.15) is 17.1 Å². The molecule has 1 aromatic heterocycles. The minimum absolute atomic E-state index is 0.00879. The van der Waals surface area contributed by atoms with Gasteiger partial charge >= 0.3 is 0 Å². The number of carbonyl (C=O) groups is 1. The third-order valence-corrected chi connectivity index (χ3v) is 5.21. The maximum absolute atomic E-state index is 14.5. The molecule has 33 heavy (non-hydrogen) atoms. The predicted octanol–water partition coefficient (Wildman–Crippen LogP) is 4.13. The number of carbonyl (C=O) groups excluding carboxylic acids is 1. The van der Waals surface area contributed by atoms with Gasteiger partial charge in [-0.15, -0.1) is 0 Å². The van der Waals surface area contributed by atoms with Crippen LogP contribution in [0.3, 0.4) is 0 Å². The molecular formula is C25H19FN4O3. The van der Waals surface area contributed by atoms with Crippen molar-refractivity contribution in [1.82, 2.24) is 4.98 Å². The molecule has 0 aliphatic heterocycles. The van der Waals surface area contributed by atoms with E-state index in [0.29, 0.717) is 23.5 Å². The fourth-order valence-corrected chi connectivity index (χ4v) is 3.60. The van der Waals surface area contributed by atoms with Crippen LogP contribution in [0.1, 0.15) is 21.5 Å². The minimum atomic E-state index is -0.858. The van der Waals surface area contributed by atoms with Gasteiger partial charge in [-0.2, -0.15) is 5.26 Å². The number of H-pyrrole nitrogens is 1. The van der Waals surface area contributed by atoms with Gasteiger partial charge in [0.2, 0.25) is 0 Å². The standard InChI is InChI=1S/C25H19FN4O3/c1-30(14-16-5-3-2-4-6-16)20-12-17(26)11-19-22(20)29-25(33)21(23(19)31)24(32)28-18-9-7-15(13-27)8-10-18/h2-12H,14H2,1H3,(H,28,32)(H2,29,31,33). The summed E-state index contributed by atoms with van der Waals surface area (Å²) in [6.07, 6.45) is 0. The number of rotatable bonds is 5. The second-order valence-electron chi connectivity index (χ2n) is 7.51. The molecule has 1 amide bonds. The minimum Gasteiger partial charge on any atom is -0.506 e. The van der Waals surface area contributed by atoms with Crippen LogP contribution in [-0.4, -0.2) is 23.0 Å². The monoisotopic (exact) mass is 442 g/mol. The van der Waals surface area contributed by atoms with Crippen molar-refractivity contribution in [1.29, 1.82) is 5.26 Å². The molecule has 0 radical (unpaired) electrons. The normalized spacial score (nSPS) is 10.6. The van der Waals surface area contributed by atoms with Crippen molar-refractivity contribution in [2.75, 3.05) is 17.3 Å². The van der Waals surface area contributed by atoms with Gasteiger partial charge in [-0.3, -0.25) is 9.59 Å². The smallest absolute Gasteiger partial charge is 0.265 e. The van der Waals surface area contributed by atoms with Crippen LogP contribution in [0, 0.1) is 17.1 Å². The van der Waals surface area contributed by atoms with E-state index in [9.17, 15) is 19.1 Å². The fourth-order valence-electron chi connectivity index (χ4n) is 3.60.